The Hall–Kier alpha value is -1.74. The highest BCUT2D eigenvalue weighted by Crippen LogP contribution is 2.53. The number of halogens is 13. The average molecular weight is 391 g/mol. The van der Waals surface area contributed by atoms with E-state index in [0.717, 1.165) is 0 Å². The number of allylic oxidation sites excluding steroid dienone is 2. The van der Waals surface area contributed by atoms with Gasteiger partial charge in [0.05, 0.1) is 0 Å². The highest BCUT2D eigenvalue weighted by Gasteiger charge is 2.78. The number of aliphatic carboxylic acids is 1. The standard InChI is InChI=1S/C8HF13O3/c9-1(2(10)5(13,14)15)4(11,12)7(18,19)8(20,21)24-6(16,17)3(22)23/h(H,22,23)/p-1/b2-1+. The molecule has 0 spiro atoms. The molecule has 0 saturated carbocycles. The number of carboxylic acid groups (broad SMARTS) is 1. The minimum absolute atomic E-state index is 1.60. The molecule has 16 heteroatoms. The highest BCUT2D eigenvalue weighted by atomic mass is 19.4. The van der Waals surface area contributed by atoms with E-state index in [1.807, 2.05) is 0 Å². The van der Waals surface area contributed by atoms with Gasteiger partial charge in [-0.25, -0.2) is 9.13 Å². The number of hydrogen-bond acceptors (Lipinski definition) is 3. The first-order valence-corrected chi connectivity index (χ1v) is 4.77. The van der Waals surface area contributed by atoms with Crippen molar-refractivity contribution in [3.8, 4) is 0 Å². The molecular formula is C8F13O3-. The molecule has 0 aliphatic rings. The predicted octanol–water partition coefficient (Wildman–Crippen LogP) is 2.92. The molecule has 142 valence electrons. The van der Waals surface area contributed by atoms with Crippen molar-refractivity contribution in [3.05, 3.63) is 11.7 Å². The molecule has 0 aliphatic carbocycles. The second kappa shape index (κ2) is 5.96. The van der Waals surface area contributed by atoms with Gasteiger partial charge in [-0.15, -0.1) is 0 Å². The molecule has 0 bridgehead atoms. The van der Waals surface area contributed by atoms with Gasteiger partial charge in [0.25, 0.3) is 0 Å². The zero-order chi connectivity index (χ0) is 19.9. The summed E-state index contributed by atoms with van der Waals surface area (Å²) in [4.78, 5) is 9.60. The molecule has 0 unspecified atom stereocenters. The van der Waals surface area contributed by atoms with Gasteiger partial charge in [-0.3, -0.25) is 0 Å². The topological polar surface area (TPSA) is 49.4 Å². The van der Waals surface area contributed by atoms with Crippen LogP contribution >= 0.6 is 0 Å². The Labute approximate surface area is 121 Å². The van der Waals surface area contributed by atoms with Crippen molar-refractivity contribution in [1.82, 2.24) is 0 Å². The Bertz CT molecular complexity index is 532. The van der Waals surface area contributed by atoms with Crippen LogP contribution in [0.1, 0.15) is 0 Å². The Morgan fingerprint density at radius 2 is 1.12 bits per heavy atom. The van der Waals surface area contributed by atoms with E-state index in [1.54, 1.807) is 4.74 Å². The van der Waals surface area contributed by atoms with Crippen LogP contribution in [0.25, 0.3) is 0 Å². The van der Waals surface area contributed by atoms with E-state index in [1.165, 1.54) is 0 Å². The summed E-state index contributed by atoms with van der Waals surface area (Å²) in [5.74, 6) is -28.2. The third kappa shape index (κ3) is 3.84. The predicted molar refractivity (Wildman–Crippen MR) is 41.2 cm³/mol. The first-order chi connectivity index (χ1) is 10.2. The second-order valence-electron chi connectivity index (χ2n) is 3.70. The lowest BCUT2D eigenvalue weighted by molar-refractivity contribution is -0.462. The maximum Gasteiger partial charge on any atom is 0.445 e. The molecule has 0 radical (unpaired) electrons. The summed E-state index contributed by atoms with van der Waals surface area (Å²) in [5, 5.41) is 9.60. The van der Waals surface area contributed by atoms with Crippen LogP contribution < -0.4 is 5.11 Å². The molecule has 24 heavy (non-hydrogen) atoms. The molecule has 0 fully saturated rings. The fourth-order valence-electron chi connectivity index (χ4n) is 0.850. The van der Waals surface area contributed by atoms with Gasteiger partial charge < -0.3 is 9.90 Å². The maximum absolute atomic E-state index is 12.8. The summed E-state index contributed by atoms with van der Waals surface area (Å²) in [6, 6.07) is 0. The molecule has 0 aromatic rings. The summed E-state index contributed by atoms with van der Waals surface area (Å²) in [6.07, 6.45) is -20.3. The van der Waals surface area contributed by atoms with Crippen LogP contribution in [-0.2, 0) is 9.53 Å². The van der Waals surface area contributed by atoms with E-state index in [-0.39, 0.29) is 0 Å². The van der Waals surface area contributed by atoms with Crippen LogP contribution in [0.2, 0.25) is 0 Å². The normalized spacial score (nSPS) is 16.0. The van der Waals surface area contributed by atoms with Gasteiger partial charge in [-0.2, -0.15) is 52.7 Å². The Morgan fingerprint density at radius 3 is 1.42 bits per heavy atom. The van der Waals surface area contributed by atoms with Gasteiger partial charge in [0.1, 0.15) is 5.97 Å². The molecule has 0 aliphatic heterocycles. The third-order valence-corrected chi connectivity index (χ3v) is 1.97. The number of ether oxygens (including phenoxy) is 1. The molecule has 0 heterocycles. The molecule has 0 aromatic heterocycles. The van der Waals surface area contributed by atoms with Crippen molar-refractivity contribution in [2.75, 3.05) is 0 Å². The van der Waals surface area contributed by atoms with Crippen LogP contribution in [-0.4, -0.2) is 36.2 Å². The summed E-state index contributed by atoms with van der Waals surface area (Å²) in [7, 11) is 0. The van der Waals surface area contributed by atoms with Gasteiger partial charge in [-0.1, -0.05) is 0 Å². The lowest BCUT2D eigenvalue weighted by Gasteiger charge is -2.33. The van der Waals surface area contributed by atoms with Crippen molar-refractivity contribution >= 4 is 5.97 Å². The molecule has 0 rings (SSSR count). The summed E-state index contributed by atoms with van der Waals surface area (Å²) in [5.41, 5.74) is 0. The first kappa shape index (κ1) is 22.3. The molecule has 0 amide bonds. The van der Waals surface area contributed by atoms with Gasteiger partial charge in [0, 0.05) is 0 Å². The lowest BCUT2D eigenvalue weighted by atomic mass is 10.1. The van der Waals surface area contributed by atoms with E-state index in [4.69, 9.17) is 0 Å². The van der Waals surface area contributed by atoms with Gasteiger partial charge in [-0.05, 0) is 0 Å². The SMILES string of the molecule is O=C([O-])C(F)(F)OC(F)(F)C(F)(F)C(F)(F)/C(F)=C(\F)C(F)(F)F. The van der Waals surface area contributed by atoms with Crippen LogP contribution in [0.5, 0.6) is 0 Å². The molecule has 0 saturated heterocycles. The highest BCUT2D eigenvalue weighted by molar-refractivity contribution is 5.71. The lowest BCUT2D eigenvalue weighted by Crippen LogP contribution is -2.60. The van der Waals surface area contributed by atoms with E-state index in [9.17, 15) is 67.0 Å². The Morgan fingerprint density at radius 1 is 0.750 bits per heavy atom. The smallest absolute Gasteiger partial charge is 0.445 e. The van der Waals surface area contributed by atoms with Crippen LogP contribution in [0.15, 0.2) is 11.7 Å². The minimum atomic E-state index is -7.58. The largest absolute Gasteiger partial charge is 0.542 e. The van der Waals surface area contributed by atoms with Crippen LogP contribution in [0.4, 0.5) is 57.1 Å². The van der Waals surface area contributed by atoms with Gasteiger partial charge in [0.15, 0.2) is 0 Å². The number of carbonyl (C=O) groups excluding carboxylic acids is 1. The van der Waals surface area contributed by atoms with E-state index in [0.29, 0.717) is 0 Å². The monoisotopic (exact) mass is 391 g/mol. The fraction of sp³-hybridized carbons (Fsp3) is 0.625. The molecule has 3 nitrogen and oxygen atoms in total. The summed E-state index contributed by atoms with van der Waals surface area (Å²) >= 11 is 0. The number of alkyl halides is 11. The third-order valence-electron chi connectivity index (χ3n) is 1.97. The number of rotatable bonds is 6. The van der Waals surface area contributed by atoms with Crippen molar-refractivity contribution in [2.24, 2.45) is 0 Å². The molecule has 0 atom stereocenters. The summed E-state index contributed by atoms with van der Waals surface area (Å²) < 4.78 is 162. The van der Waals surface area contributed by atoms with Gasteiger partial charge in [0.2, 0.25) is 11.7 Å². The fourth-order valence-corrected chi connectivity index (χ4v) is 0.850. The molecule has 0 N–H and O–H groups in total. The van der Waals surface area contributed by atoms with Crippen molar-refractivity contribution < 1.29 is 71.7 Å². The van der Waals surface area contributed by atoms with Crippen molar-refractivity contribution in [1.29, 1.82) is 0 Å². The number of carbonyl (C=O) groups is 1. The Kier molecular flexibility index (Phi) is 5.53. The quantitative estimate of drug-likeness (QED) is 0.655. The summed E-state index contributed by atoms with van der Waals surface area (Å²) in [6.45, 7) is 0. The van der Waals surface area contributed by atoms with Gasteiger partial charge >= 0.3 is 30.2 Å². The van der Waals surface area contributed by atoms with Crippen molar-refractivity contribution in [3.63, 3.8) is 0 Å². The maximum atomic E-state index is 12.8. The average Bonchev–Trinajstić information content (AvgIpc) is 2.33. The van der Waals surface area contributed by atoms with E-state index < -0.39 is 47.9 Å². The molecule has 0 aromatic carbocycles. The first-order valence-electron chi connectivity index (χ1n) is 4.77. The molecular weight excluding hydrogens is 391 g/mol. The zero-order valence-electron chi connectivity index (χ0n) is 10.1. The van der Waals surface area contributed by atoms with Crippen LogP contribution in [0.3, 0.4) is 0 Å². The zero-order valence-corrected chi connectivity index (χ0v) is 10.1. The van der Waals surface area contributed by atoms with E-state index in [2.05, 4.69) is 0 Å². The van der Waals surface area contributed by atoms with Crippen molar-refractivity contribution in [2.45, 2.75) is 30.2 Å². The minimum Gasteiger partial charge on any atom is -0.542 e. The van der Waals surface area contributed by atoms with E-state index >= 15 is 0 Å². The Balaban J connectivity index is 6.07. The second-order valence-corrected chi connectivity index (χ2v) is 3.70. The van der Waals surface area contributed by atoms with Crippen LogP contribution in [0, 0.1) is 0 Å². The number of hydrogen-bond donors (Lipinski definition) is 0. The number of carboxylic acids is 1.